The van der Waals surface area contributed by atoms with Gasteiger partial charge in [0.05, 0.1) is 19.6 Å². The smallest absolute Gasteiger partial charge is 0.230 e. The summed E-state index contributed by atoms with van der Waals surface area (Å²) >= 11 is 6.02. The van der Waals surface area contributed by atoms with Crippen molar-refractivity contribution < 1.29 is 14.3 Å². The fourth-order valence-electron chi connectivity index (χ4n) is 3.26. The van der Waals surface area contributed by atoms with Crippen LogP contribution in [-0.4, -0.2) is 52.2 Å². The highest BCUT2D eigenvalue weighted by atomic mass is 35.5. The Morgan fingerprint density at radius 3 is 2.24 bits per heavy atom. The fraction of sp³-hybridized carbons (Fsp3) is 0.435. The number of carbonyl (C=O) groups excluding carboxylic acids is 1. The van der Waals surface area contributed by atoms with Crippen LogP contribution >= 0.6 is 11.6 Å². The van der Waals surface area contributed by atoms with Crippen LogP contribution in [-0.2, 0) is 10.2 Å². The molecule has 0 fully saturated rings. The van der Waals surface area contributed by atoms with Gasteiger partial charge >= 0.3 is 0 Å². The lowest BCUT2D eigenvalue weighted by atomic mass is 9.83. The maximum Gasteiger partial charge on any atom is 0.230 e. The van der Waals surface area contributed by atoms with E-state index in [0.717, 1.165) is 17.7 Å². The summed E-state index contributed by atoms with van der Waals surface area (Å²) in [5.74, 6) is 1.37. The lowest BCUT2D eigenvalue weighted by Crippen LogP contribution is -2.42. The van der Waals surface area contributed by atoms with E-state index in [1.807, 2.05) is 70.4 Å². The third-order valence-electron chi connectivity index (χ3n) is 5.11. The molecule has 5 nitrogen and oxygen atoms in total. The van der Waals surface area contributed by atoms with Crippen molar-refractivity contribution >= 4 is 17.5 Å². The highest BCUT2D eigenvalue weighted by Crippen LogP contribution is 2.33. The van der Waals surface area contributed by atoms with Crippen LogP contribution < -0.4 is 14.8 Å². The number of nitrogens with zero attached hydrogens (tertiary/aromatic N) is 1. The number of halogens is 1. The normalized spacial score (nSPS) is 12.6. The maximum absolute atomic E-state index is 13.1. The lowest BCUT2D eigenvalue weighted by molar-refractivity contribution is -0.125. The van der Waals surface area contributed by atoms with Gasteiger partial charge in [0, 0.05) is 24.0 Å². The summed E-state index contributed by atoms with van der Waals surface area (Å²) < 4.78 is 10.7. The van der Waals surface area contributed by atoms with E-state index in [9.17, 15) is 4.79 Å². The van der Waals surface area contributed by atoms with Gasteiger partial charge < -0.3 is 19.7 Å². The van der Waals surface area contributed by atoms with Gasteiger partial charge in [-0.05, 0) is 63.3 Å². The summed E-state index contributed by atoms with van der Waals surface area (Å²) in [7, 11) is 7.24. The minimum atomic E-state index is -0.720. The Morgan fingerprint density at radius 1 is 1.07 bits per heavy atom. The predicted octanol–water partition coefficient (Wildman–Crippen LogP) is 4.10. The first-order valence-corrected chi connectivity index (χ1v) is 9.97. The number of hydrogen-bond donors (Lipinski definition) is 1. The topological polar surface area (TPSA) is 50.8 Å². The summed E-state index contributed by atoms with van der Waals surface area (Å²) in [4.78, 5) is 15.2. The maximum atomic E-state index is 13.1. The van der Waals surface area contributed by atoms with Crippen molar-refractivity contribution in [2.75, 3.05) is 41.4 Å². The van der Waals surface area contributed by atoms with E-state index in [4.69, 9.17) is 21.1 Å². The second-order valence-electron chi connectivity index (χ2n) is 7.92. The van der Waals surface area contributed by atoms with E-state index in [1.165, 1.54) is 0 Å². The second-order valence-corrected chi connectivity index (χ2v) is 8.35. The van der Waals surface area contributed by atoms with Gasteiger partial charge in [-0.1, -0.05) is 29.8 Å². The lowest BCUT2D eigenvalue weighted by Gasteiger charge is -2.28. The van der Waals surface area contributed by atoms with E-state index >= 15 is 0 Å². The second kappa shape index (κ2) is 9.99. The highest BCUT2D eigenvalue weighted by Gasteiger charge is 2.31. The number of carbonyl (C=O) groups is 1. The fourth-order valence-corrected chi connectivity index (χ4v) is 3.38. The first-order valence-electron chi connectivity index (χ1n) is 9.60. The molecule has 1 atom stereocenters. The molecule has 2 rings (SSSR count). The van der Waals surface area contributed by atoms with E-state index < -0.39 is 5.41 Å². The van der Waals surface area contributed by atoms with Crippen LogP contribution in [0.1, 0.15) is 30.9 Å². The molecule has 0 unspecified atom stereocenters. The van der Waals surface area contributed by atoms with Crippen LogP contribution in [0.5, 0.6) is 11.5 Å². The molecule has 2 aromatic carbocycles. The molecular formula is C23H31ClN2O3. The molecule has 0 saturated heterocycles. The number of ether oxygens (including phenoxy) is 2. The van der Waals surface area contributed by atoms with Crippen molar-refractivity contribution in [3.8, 4) is 11.5 Å². The van der Waals surface area contributed by atoms with Crippen LogP contribution in [0.3, 0.4) is 0 Å². The summed E-state index contributed by atoms with van der Waals surface area (Å²) in [5, 5.41) is 3.84. The SMILES string of the molecule is COc1ccc(C(C)(C)C(=O)NC[C@H](CN(C)C)c2ccc(Cl)cc2)cc1OC. The number of methoxy groups -OCH3 is 2. The third-order valence-corrected chi connectivity index (χ3v) is 5.36. The van der Waals surface area contributed by atoms with Gasteiger partial charge in [0.25, 0.3) is 0 Å². The first-order chi connectivity index (χ1) is 13.7. The van der Waals surface area contributed by atoms with Gasteiger partial charge in [0.15, 0.2) is 11.5 Å². The minimum absolute atomic E-state index is 0.0394. The zero-order chi connectivity index (χ0) is 21.6. The third kappa shape index (κ3) is 5.87. The zero-order valence-electron chi connectivity index (χ0n) is 18.1. The number of amides is 1. The molecule has 0 bridgehead atoms. The Bertz CT molecular complexity index is 819. The molecule has 0 aliphatic carbocycles. The van der Waals surface area contributed by atoms with Gasteiger partial charge in [-0.3, -0.25) is 4.79 Å². The van der Waals surface area contributed by atoms with E-state index in [1.54, 1.807) is 14.2 Å². The summed E-state index contributed by atoms with van der Waals surface area (Å²) in [5.41, 5.74) is 1.29. The molecule has 0 aliphatic heterocycles. The quantitative estimate of drug-likeness (QED) is 0.666. The van der Waals surface area contributed by atoms with E-state index in [0.29, 0.717) is 23.1 Å². The van der Waals surface area contributed by atoms with Gasteiger partial charge in [0.1, 0.15) is 0 Å². The molecule has 1 amide bonds. The molecular weight excluding hydrogens is 388 g/mol. The molecule has 0 aliphatic rings. The molecule has 0 aromatic heterocycles. The molecule has 158 valence electrons. The van der Waals surface area contributed by atoms with Crippen LogP contribution in [0, 0.1) is 0 Å². The molecule has 2 aromatic rings. The largest absolute Gasteiger partial charge is 0.493 e. The Labute approximate surface area is 179 Å². The number of benzene rings is 2. The Morgan fingerprint density at radius 2 is 1.69 bits per heavy atom. The van der Waals surface area contributed by atoms with E-state index in [2.05, 4.69) is 10.2 Å². The summed E-state index contributed by atoms with van der Waals surface area (Å²) in [6.45, 7) is 5.17. The average Bonchev–Trinajstić information content (AvgIpc) is 2.70. The molecule has 0 heterocycles. The van der Waals surface area contributed by atoms with Crippen molar-refractivity contribution in [3.63, 3.8) is 0 Å². The van der Waals surface area contributed by atoms with Gasteiger partial charge in [-0.2, -0.15) is 0 Å². The Kier molecular flexibility index (Phi) is 7.94. The summed E-state index contributed by atoms with van der Waals surface area (Å²) in [6.07, 6.45) is 0. The predicted molar refractivity (Wildman–Crippen MR) is 118 cm³/mol. The Hall–Kier alpha value is -2.24. The zero-order valence-corrected chi connectivity index (χ0v) is 18.8. The number of nitrogens with one attached hydrogen (secondary N) is 1. The summed E-state index contributed by atoms with van der Waals surface area (Å²) in [6, 6.07) is 13.4. The van der Waals surface area contributed by atoms with Gasteiger partial charge in [-0.25, -0.2) is 0 Å². The van der Waals surface area contributed by atoms with Crippen molar-refractivity contribution in [1.29, 1.82) is 0 Å². The Balaban J connectivity index is 2.16. The van der Waals surface area contributed by atoms with Crippen molar-refractivity contribution in [3.05, 3.63) is 58.6 Å². The average molecular weight is 419 g/mol. The van der Waals surface area contributed by atoms with Crippen LogP contribution in [0.2, 0.25) is 5.02 Å². The van der Waals surface area contributed by atoms with E-state index in [-0.39, 0.29) is 11.8 Å². The molecule has 0 radical (unpaired) electrons. The van der Waals surface area contributed by atoms with Crippen LogP contribution in [0.15, 0.2) is 42.5 Å². The number of hydrogen-bond acceptors (Lipinski definition) is 4. The number of rotatable bonds is 9. The van der Waals surface area contributed by atoms with Crippen molar-refractivity contribution in [2.24, 2.45) is 0 Å². The molecule has 0 spiro atoms. The minimum Gasteiger partial charge on any atom is -0.493 e. The van der Waals surface area contributed by atoms with Crippen LogP contribution in [0.25, 0.3) is 0 Å². The standard InChI is InChI=1S/C23H31ClN2O3/c1-23(2,18-9-12-20(28-5)21(13-18)29-6)22(27)25-14-17(15-26(3)4)16-7-10-19(24)11-8-16/h7-13,17H,14-15H2,1-6H3,(H,25,27)/t17-/m1/s1. The molecule has 29 heavy (non-hydrogen) atoms. The van der Waals surface area contributed by atoms with Gasteiger partial charge in [-0.15, -0.1) is 0 Å². The van der Waals surface area contributed by atoms with Gasteiger partial charge in [0.2, 0.25) is 5.91 Å². The highest BCUT2D eigenvalue weighted by molar-refractivity contribution is 6.30. The molecule has 6 heteroatoms. The molecule has 0 saturated carbocycles. The van der Waals surface area contributed by atoms with Crippen LogP contribution in [0.4, 0.5) is 0 Å². The number of likely N-dealkylation sites (N-methyl/N-ethyl adjacent to an activating group) is 1. The van der Waals surface area contributed by atoms with Crippen molar-refractivity contribution in [2.45, 2.75) is 25.2 Å². The molecule has 1 N–H and O–H groups in total. The van der Waals surface area contributed by atoms with Crippen molar-refractivity contribution in [1.82, 2.24) is 10.2 Å². The first kappa shape index (κ1) is 23.0. The monoisotopic (exact) mass is 418 g/mol.